The van der Waals surface area contributed by atoms with E-state index in [4.69, 9.17) is 33.2 Å². The third-order valence-electron chi connectivity index (χ3n) is 6.27. The highest BCUT2D eigenvalue weighted by molar-refractivity contribution is 5.97. The largest absolute Gasteiger partial charge is 0.497 e. The smallest absolute Gasteiger partial charge is 0.345 e. The van der Waals surface area contributed by atoms with Crippen LogP contribution in [0.15, 0.2) is 89.9 Å². The Morgan fingerprint density at radius 3 is 2.49 bits per heavy atom. The zero-order valence-electron chi connectivity index (χ0n) is 19.8. The first kappa shape index (κ1) is 22.8. The number of esters is 1. The van der Waals surface area contributed by atoms with Crippen LogP contribution in [0.4, 0.5) is 0 Å². The van der Waals surface area contributed by atoms with Gasteiger partial charge >= 0.3 is 5.97 Å². The van der Waals surface area contributed by atoms with E-state index in [-0.39, 0.29) is 31.3 Å². The lowest BCUT2D eigenvalue weighted by molar-refractivity contribution is -0.186. The molecule has 1 N–H and O–H groups in total. The number of rotatable bonds is 7. The van der Waals surface area contributed by atoms with Crippen molar-refractivity contribution in [3.05, 3.63) is 101 Å². The lowest BCUT2D eigenvalue weighted by Crippen LogP contribution is -2.29. The Morgan fingerprint density at radius 1 is 0.919 bits per heavy atom. The van der Waals surface area contributed by atoms with Crippen LogP contribution < -0.4 is 18.9 Å². The van der Waals surface area contributed by atoms with Gasteiger partial charge < -0.3 is 38.3 Å². The molecule has 3 aromatic carbocycles. The number of hydrogen-bond acceptors (Lipinski definition) is 9. The molecule has 3 aromatic rings. The molecular weight excluding hydrogens is 480 g/mol. The Morgan fingerprint density at radius 2 is 1.70 bits per heavy atom. The standard InChI is InChI=1S/C28H22O9/c1-31-19-8-6-18(7-9-19)28(30)21(26(27(29)37-28)25-14-32-15-33-25)12-17-4-2-3-5-22(17)36-20-10-11-23-24(13-20)35-16-34-23/h2-11,13-14,30H,12,15-16H2,1H3. The third kappa shape index (κ3) is 4.09. The molecule has 6 rings (SSSR count). The Kier molecular flexibility index (Phi) is 5.61. The normalized spacial score (nSPS) is 19.7. The van der Waals surface area contributed by atoms with Crippen LogP contribution >= 0.6 is 0 Å². The van der Waals surface area contributed by atoms with E-state index in [0.29, 0.717) is 45.4 Å². The molecule has 0 aliphatic carbocycles. The average molecular weight is 502 g/mol. The van der Waals surface area contributed by atoms with E-state index in [1.165, 1.54) is 6.26 Å². The third-order valence-corrected chi connectivity index (χ3v) is 6.27. The van der Waals surface area contributed by atoms with Crippen molar-refractivity contribution in [3.63, 3.8) is 0 Å². The summed E-state index contributed by atoms with van der Waals surface area (Å²) in [6.07, 6.45) is 1.45. The Labute approximate surface area is 212 Å². The van der Waals surface area contributed by atoms with Gasteiger partial charge in [-0.15, -0.1) is 0 Å². The van der Waals surface area contributed by atoms with Gasteiger partial charge in [-0.3, -0.25) is 0 Å². The second-order valence-electron chi connectivity index (χ2n) is 8.43. The van der Waals surface area contributed by atoms with E-state index in [1.54, 1.807) is 55.6 Å². The maximum absolute atomic E-state index is 13.1. The molecule has 0 spiro atoms. The molecule has 0 radical (unpaired) electrons. The minimum absolute atomic E-state index is 0.0375. The summed E-state index contributed by atoms with van der Waals surface area (Å²) in [5, 5.41) is 11.8. The van der Waals surface area contributed by atoms with Gasteiger partial charge in [-0.2, -0.15) is 0 Å². The summed E-state index contributed by atoms with van der Waals surface area (Å²) in [4.78, 5) is 13.1. The second-order valence-corrected chi connectivity index (χ2v) is 8.43. The number of ether oxygens (including phenoxy) is 7. The molecule has 0 bridgehead atoms. The number of fused-ring (bicyclic) bond motifs is 1. The second kappa shape index (κ2) is 9.11. The monoisotopic (exact) mass is 502 g/mol. The maximum atomic E-state index is 13.1. The predicted octanol–water partition coefficient (Wildman–Crippen LogP) is 4.30. The van der Waals surface area contributed by atoms with Gasteiger partial charge in [0.25, 0.3) is 5.79 Å². The molecule has 0 aromatic heterocycles. The van der Waals surface area contributed by atoms with Crippen LogP contribution in [0.2, 0.25) is 0 Å². The molecule has 0 saturated carbocycles. The van der Waals surface area contributed by atoms with Crippen LogP contribution in [-0.2, 0) is 31.2 Å². The minimum atomic E-state index is -2.04. The molecule has 9 heteroatoms. The fraction of sp³-hybridized carbons (Fsp3) is 0.179. The van der Waals surface area contributed by atoms with Crippen molar-refractivity contribution < 1.29 is 43.1 Å². The highest BCUT2D eigenvalue weighted by Gasteiger charge is 2.50. The number of carbonyl (C=O) groups is 1. The van der Waals surface area contributed by atoms with E-state index < -0.39 is 11.8 Å². The summed E-state index contributed by atoms with van der Waals surface area (Å²) in [5.41, 5.74) is 1.47. The van der Waals surface area contributed by atoms with Crippen molar-refractivity contribution in [3.8, 4) is 28.7 Å². The van der Waals surface area contributed by atoms with Crippen LogP contribution in [0.3, 0.4) is 0 Å². The van der Waals surface area contributed by atoms with Gasteiger partial charge in [0.2, 0.25) is 13.6 Å². The van der Waals surface area contributed by atoms with Gasteiger partial charge in [0.05, 0.1) is 7.11 Å². The van der Waals surface area contributed by atoms with Gasteiger partial charge in [0, 0.05) is 23.6 Å². The van der Waals surface area contributed by atoms with Crippen LogP contribution in [0, 0.1) is 0 Å². The summed E-state index contributed by atoms with van der Waals surface area (Å²) in [7, 11) is 1.55. The van der Waals surface area contributed by atoms with Crippen LogP contribution in [0.25, 0.3) is 0 Å². The van der Waals surface area contributed by atoms with Gasteiger partial charge in [-0.25, -0.2) is 4.79 Å². The van der Waals surface area contributed by atoms with E-state index in [1.807, 2.05) is 18.2 Å². The van der Waals surface area contributed by atoms with Crippen molar-refractivity contribution in [1.29, 1.82) is 0 Å². The topological polar surface area (TPSA) is 102 Å². The van der Waals surface area contributed by atoms with E-state index in [2.05, 4.69) is 0 Å². The van der Waals surface area contributed by atoms with Gasteiger partial charge in [-0.05, 0) is 48.0 Å². The Hall–Kier alpha value is -4.63. The molecule has 37 heavy (non-hydrogen) atoms. The van der Waals surface area contributed by atoms with E-state index in [9.17, 15) is 9.90 Å². The highest BCUT2D eigenvalue weighted by Crippen LogP contribution is 2.45. The number of methoxy groups -OCH3 is 1. The van der Waals surface area contributed by atoms with E-state index in [0.717, 1.165) is 0 Å². The number of cyclic esters (lactones) is 1. The lowest BCUT2D eigenvalue weighted by Gasteiger charge is -2.26. The van der Waals surface area contributed by atoms with Gasteiger partial charge in [0.1, 0.15) is 29.1 Å². The lowest BCUT2D eigenvalue weighted by atomic mass is 9.89. The summed E-state index contributed by atoms with van der Waals surface area (Å²) in [5.74, 6) is 0.338. The SMILES string of the molecule is COc1ccc(C2(O)OC(=O)C(C3=COCO3)=C2Cc2ccccc2Oc2ccc3c(c2)OCO3)cc1. The molecule has 0 saturated heterocycles. The number of hydrogen-bond donors (Lipinski definition) is 1. The number of aliphatic hydroxyl groups is 1. The van der Waals surface area contributed by atoms with Crippen molar-refractivity contribution in [2.45, 2.75) is 12.2 Å². The molecular formula is C28H22O9. The first-order valence-electron chi connectivity index (χ1n) is 11.5. The fourth-order valence-electron chi connectivity index (χ4n) is 4.43. The van der Waals surface area contributed by atoms with Crippen LogP contribution in [-0.4, -0.2) is 31.8 Å². The number of carbonyl (C=O) groups excluding carboxylic acids is 1. The quantitative estimate of drug-likeness (QED) is 0.474. The first-order valence-corrected chi connectivity index (χ1v) is 11.5. The molecule has 0 amide bonds. The molecule has 1 unspecified atom stereocenters. The summed E-state index contributed by atoms with van der Waals surface area (Å²) in [6.45, 7) is 0.121. The maximum Gasteiger partial charge on any atom is 0.345 e. The van der Waals surface area contributed by atoms with Crippen LogP contribution in [0.1, 0.15) is 11.1 Å². The molecule has 3 aliphatic rings. The molecule has 3 heterocycles. The zero-order chi connectivity index (χ0) is 25.4. The van der Waals surface area contributed by atoms with Crippen molar-refractivity contribution in [1.82, 2.24) is 0 Å². The number of benzene rings is 3. The van der Waals surface area contributed by atoms with Gasteiger partial charge in [0.15, 0.2) is 17.3 Å². The summed E-state index contributed by atoms with van der Waals surface area (Å²) < 4.78 is 38.5. The average Bonchev–Trinajstić information content (AvgIpc) is 3.66. The molecule has 1 atom stereocenters. The first-order chi connectivity index (χ1) is 18.0. The van der Waals surface area contributed by atoms with Crippen molar-refractivity contribution in [2.24, 2.45) is 0 Å². The van der Waals surface area contributed by atoms with Crippen LogP contribution in [0.5, 0.6) is 28.7 Å². The minimum Gasteiger partial charge on any atom is -0.497 e. The summed E-state index contributed by atoms with van der Waals surface area (Å²) in [6, 6.07) is 19.3. The molecule has 0 fully saturated rings. The Bertz CT molecular complexity index is 1420. The zero-order valence-corrected chi connectivity index (χ0v) is 19.8. The number of para-hydroxylation sites is 1. The Balaban J connectivity index is 1.40. The fourth-order valence-corrected chi connectivity index (χ4v) is 4.43. The van der Waals surface area contributed by atoms with E-state index >= 15 is 0 Å². The molecule has 9 nitrogen and oxygen atoms in total. The molecule has 3 aliphatic heterocycles. The van der Waals surface area contributed by atoms with Gasteiger partial charge in [-0.1, -0.05) is 18.2 Å². The van der Waals surface area contributed by atoms with Crippen molar-refractivity contribution >= 4 is 5.97 Å². The highest BCUT2D eigenvalue weighted by atomic mass is 16.7. The molecule has 188 valence electrons. The predicted molar refractivity (Wildman–Crippen MR) is 128 cm³/mol. The summed E-state index contributed by atoms with van der Waals surface area (Å²) >= 11 is 0. The van der Waals surface area contributed by atoms with Crippen molar-refractivity contribution in [2.75, 3.05) is 20.7 Å².